The van der Waals surface area contributed by atoms with Crippen LogP contribution in [0, 0.1) is 0 Å². The molecule has 0 saturated heterocycles. The molecule has 1 aliphatic heterocycles. The van der Waals surface area contributed by atoms with Gasteiger partial charge < -0.3 is 14.6 Å². The van der Waals surface area contributed by atoms with E-state index in [4.69, 9.17) is 9.47 Å². The SMILES string of the molecule is COc1ccc2c(c1)-c1ccccc1C(O)O2. The van der Waals surface area contributed by atoms with Crippen molar-refractivity contribution in [3.8, 4) is 22.6 Å². The number of methoxy groups -OCH3 is 1. The van der Waals surface area contributed by atoms with Crippen LogP contribution in [-0.4, -0.2) is 12.2 Å². The summed E-state index contributed by atoms with van der Waals surface area (Å²) in [7, 11) is 1.63. The van der Waals surface area contributed by atoms with Gasteiger partial charge in [0.1, 0.15) is 11.5 Å². The molecule has 1 N–H and O–H groups in total. The highest BCUT2D eigenvalue weighted by Gasteiger charge is 2.23. The number of aliphatic hydroxyl groups is 1. The molecule has 3 nitrogen and oxygen atoms in total. The summed E-state index contributed by atoms with van der Waals surface area (Å²) in [5.41, 5.74) is 2.72. The van der Waals surface area contributed by atoms with Crippen LogP contribution >= 0.6 is 0 Å². The maximum absolute atomic E-state index is 9.88. The third kappa shape index (κ3) is 1.56. The van der Waals surface area contributed by atoms with Gasteiger partial charge in [-0.05, 0) is 23.8 Å². The molecular weight excluding hydrogens is 216 g/mol. The highest BCUT2D eigenvalue weighted by molar-refractivity contribution is 5.76. The zero-order valence-electron chi connectivity index (χ0n) is 9.38. The Morgan fingerprint density at radius 3 is 2.76 bits per heavy atom. The fourth-order valence-electron chi connectivity index (χ4n) is 2.09. The van der Waals surface area contributed by atoms with Gasteiger partial charge in [-0.1, -0.05) is 24.3 Å². The van der Waals surface area contributed by atoms with Crippen LogP contribution in [0.25, 0.3) is 11.1 Å². The minimum Gasteiger partial charge on any atom is -0.497 e. The highest BCUT2D eigenvalue weighted by atomic mass is 16.6. The Morgan fingerprint density at radius 1 is 1.12 bits per heavy atom. The molecule has 2 aromatic rings. The Morgan fingerprint density at radius 2 is 1.94 bits per heavy atom. The van der Waals surface area contributed by atoms with Gasteiger partial charge in [0.05, 0.1) is 7.11 Å². The van der Waals surface area contributed by atoms with Gasteiger partial charge in [-0.15, -0.1) is 0 Å². The largest absolute Gasteiger partial charge is 0.497 e. The molecule has 0 amide bonds. The normalized spacial score (nSPS) is 16.7. The molecule has 0 fully saturated rings. The second-order valence-corrected chi connectivity index (χ2v) is 3.92. The second-order valence-electron chi connectivity index (χ2n) is 3.92. The van der Waals surface area contributed by atoms with Crippen LogP contribution in [0.3, 0.4) is 0 Å². The minimum absolute atomic E-state index is 0.678. The summed E-state index contributed by atoms with van der Waals surface area (Å²) in [6.07, 6.45) is -0.896. The van der Waals surface area contributed by atoms with Crippen molar-refractivity contribution in [3.05, 3.63) is 48.0 Å². The molecule has 0 saturated carbocycles. The zero-order valence-corrected chi connectivity index (χ0v) is 9.38. The summed E-state index contributed by atoms with van der Waals surface area (Å²) in [6, 6.07) is 13.2. The smallest absolute Gasteiger partial charge is 0.224 e. The molecule has 86 valence electrons. The molecule has 17 heavy (non-hydrogen) atoms. The highest BCUT2D eigenvalue weighted by Crippen LogP contribution is 2.42. The van der Waals surface area contributed by atoms with Gasteiger partial charge in [0.2, 0.25) is 6.29 Å². The number of rotatable bonds is 1. The Balaban J connectivity index is 2.23. The van der Waals surface area contributed by atoms with Gasteiger partial charge in [-0.25, -0.2) is 0 Å². The van der Waals surface area contributed by atoms with Crippen molar-refractivity contribution in [3.63, 3.8) is 0 Å². The van der Waals surface area contributed by atoms with Crippen molar-refractivity contribution in [1.29, 1.82) is 0 Å². The predicted molar refractivity (Wildman–Crippen MR) is 64.0 cm³/mol. The second kappa shape index (κ2) is 3.79. The Hall–Kier alpha value is -2.00. The van der Waals surface area contributed by atoms with Gasteiger partial charge in [0.25, 0.3) is 0 Å². The van der Waals surface area contributed by atoms with Gasteiger partial charge in [0.15, 0.2) is 0 Å². The predicted octanol–water partition coefficient (Wildman–Crippen LogP) is 2.75. The van der Waals surface area contributed by atoms with E-state index in [1.54, 1.807) is 7.11 Å². The number of aliphatic hydroxyl groups excluding tert-OH is 1. The number of benzene rings is 2. The van der Waals surface area contributed by atoms with Crippen LogP contribution in [0.15, 0.2) is 42.5 Å². The molecule has 0 bridgehead atoms. The standard InChI is InChI=1S/C14H12O3/c1-16-9-6-7-13-12(8-9)10-4-2-3-5-11(10)14(15)17-13/h2-8,14-15H,1H3. The van der Waals surface area contributed by atoms with E-state index in [2.05, 4.69) is 0 Å². The van der Waals surface area contributed by atoms with Crippen LogP contribution in [-0.2, 0) is 0 Å². The fraction of sp³-hybridized carbons (Fsp3) is 0.143. The first kappa shape index (κ1) is 10.2. The Labute approximate surface area is 99.2 Å². The summed E-state index contributed by atoms with van der Waals surface area (Å²) in [5.74, 6) is 1.45. The van der Waals surface area contributed by atoms with E-state index in [0.29, 0.717) is 5.75 Å². The number of ether oxygens (including phenoxy) is 2. The van der Waals surface area contributed by atoms with Crippen molar-refractivity contribution in [1.82, 2.24) is 0 Å². The number of hydrogen-bond acceptors (Lipinski definition) is 3. The van der Waals surface area contributed by atoms with E-state index >= 15 is 0 Å². The van der Waals surface area contributed by atoms with Crippen LogP contribution in [0.5, 0.6) is 11.5 Å². The lowest BCUT2D eigenvalue weighted by Gasteiger charge is -2.25. The topological polar surface area (TPSA) is 38.7 Å². The van der Waals surface area contributed by atoms with Crippen molar-refractivity contribution >= 4 is 0 Å². The molecular formula is C14H12O3. The maximum Gasteiger partial charge on any atom is 0.224 e. The average molecular weight is 228 g/mol. The maximum atomic E-state index is 9.88. The zero-order chi connectivity index (χ0) is 11.8. The van der Waals surface area contributed by atoms with Gasteiger partial charge in [-0.3, -0.25) is 0 Å². The van der Waals surface area contributed by atoms with Crippen molar-refractivity contribution < 1.29 is 14.6 Å². The number of fused-ring (bicyclic) bond motifs is 3. The summed E-state index contributed by atoms with van der Waals surface area (Å²) < 4.78 is 10.7. The fourth-order valence-corrected chi connectivity index (χ4v) is 2.09. The van der Waals surface area contributed by atoms with Crippen LogP contribution in [0.2, 0.25) is 0 Å². The summed E-state index contributed by atoms with van der Waals surface area (Å²) in [6.45, 7) is 0. The molecule has 1 atom stereocenters. The van der Waals surface area contributed by atoms with Crippen LogP contribution in [0.1, 0.15) is 11.9 Å². The molecule has 0 aliphatic carbocycles. The molecule has 1 unspecified atom stereocenters. The van der Waals surface area contributed by atoms with Gasteiger partial charge >= 0.3 is 0 Å². The monoisotopic (exact) mass is 228 g/mol. The molecule has 0 radical (unpaired) electrons. The molecule has 0 spiro atoms. The Bertz CT molecular complexity index is 563. The van der Waals surface area contributed by atoms with Crippen LogP contribution < -0.4 is 9.47 Å². The molecule has 0 aromatic heterocycles. The number of hydrogen-bond donors (Lipinski definition) is 1. The third-order valence-corrected chi connectivity index (χ3v) is 2.94. The summed E-state index contributed by atoms with van der Waals surface area (Å²) >= 11 is 0. The summed E-state index contributed by atoms with van der Waals surface area (Å²) in [4.78, 5) is 0. The average Bonchev–Trinajstić information content (AvgIpc) is 2.39. The van der Waals surface area contributed by atoms with E-state index in [9.17, 15) is 5.11 Å². The first-order valence-electron chi connectivity index (χ1n) is 5.41. The summed E-state index contributed by atoms with van der Waals surface area (Å²) in [5, 5.41) is 9.88. The minimum atomic E-state index is -0.896. The molecule has 1 aliphatic rings. The van der Waals surface area contributed by atoms with Crippen molar-refractivity contribution in [2.45, 2.75) is 6.29 Å². The lowest BCUT2D eigenvalue weighted by atomic mass is 9.96. The van der Waals surface area contributed by atoms with E-state index in [0.717, 1.165) is 22.4 Å². The first-order valence-corrected chi connectivity index (χ1v) is 5.41. The van der Waals surface area contributed by atoms with E-state index in [1.807, 2.05) is 42.5 Å². The van der Waals surface area contributed by atoms with Crippen molar-refractivity contribution in [2.75, 3.05) is 7.11 Å². The van der Waals surface area contributed by atoms with Crippen molar-refractivity contribution in [2.24, 2.45) is 0 Å². The van der Waals surface area contributed by atoms with E-state index in [-0.39, 0.29) is 0 Å². The lowest BCUT2D eigenvalue weighted by Crippen LogP contribution is -2.13. The molecule has 3 rings (SSSR count). The lowest BCUT2D eigenvalue weighted by molar-refractivity contribution is -0.0213. The van der Waals surface area contributed by atoms with Gasteiger partial charge in [-0.2, -0.15) is 0 Å². The first-order chi connectivity index (χ1) is 8.29. The Kier molecular flexibility index (Phi) is 2.27. The molecule has 2 aromatic carbocycles. The third-order valence-electron chi connectivity index (χ3n) is 2.94. The molecule has 1 heterocycles. The van der Waals surface area contributed by atoms with Crippen LogP contribution in [0.4, 0.5) is 0 Å². The van der Waals surface area contributed by atoms with Gasteiger partial charge in [0, 0.05) is 11.1 Å². The quantitative estimate of drug-likeness (QED) is 0.815. The van der Waals surface area contributed by atoms with E-state index < -0.39 is 6.29 Å². The van der Waals surface area contributed by atoms with E-state index in [1.165, 1.54) is 0 Å². The molecule has 3 heteroatoms.